The van der Waals surface area contributed by atoms with Gasteiger partial charge in [-0.15, -0.1) is 0 Å². The molecule has 2 aromatic carbocycles. The summed E-state index contributed by atoms with van der Waals surface area (Å²) in [7, 11) is -1.97. The lowest BCUT2D eigenvalue weighted by molar-refractivity contribution is -0.0502. The molecule has 0 amide bonds. The normalized spacial score (nSPS) is 16.3. The summed E-state index contributed by atoms with van der Waals surface area (Å²) in [5, 5.41) is 1.72. The second-order valence-corrected chi connectivity index (χ2v) is 8.41. The van der Waals surface area contributed by atoms with Crippen molar-refractivity contribution >= 4 is 15.7 Å². The molecule has 9 heteroatoms. The van der Waals surface area contributed by atoms with Crippen LogP contribution in [0.3, 0.4) is 0 Å². The van der Waals surface area contributed by atoms with Crippen LogP contribution in [0.5, 0.6) is 5.75 Å². The number of alkyl halides is 2. The molecule has 0 radical (unpaired) electrons. The zero-order chi connectivity index (χ0) is 20.3. The third kappa shape index (κ3) is 4.43. The minimum absolute atomic E-state index is 0.0464. The van der Waals surface area contributed by atoms with E-state index >= 15 is 0 Å². The molecule has 0 saturated carbocycles. The van der Waals surface area contributed by atoms with Crippen LogP contribution in [-0.2, 0) is 10.0 Å². The van der Waals surface area contributed by atoms with Crippen molar-refractivity contribution in [3.05, 3.63) is 54.1 Å². The van der Waals surface area contributed by atoms with Crippen LogP contribution in [0.25, 0.3) is 0 Å². The van der Waals surface area contributed by atoms with Gasteiger partial charge in [-0.3, -0.25) is 0 Å². The Hall–Kier alpha value is -2.23. The van der Waals surface area contributed by atoms with Crippen molar-refractivity contribution < 1.29 is 21.9 Å². The van der Waals surface area contributed by atoms with Crippen molar-refractivity contribution in [2.24, 2.45) is 0 Å². The number of benzene rings is 2. The molecule has 152 valence electrons. The Morgan fingerprint density at radius 3 is 2.29 bits per heavy atom. The molecule has 0 unspecified atom stereocenters. The maximum atomic E-state index is 13.4. The van der Waals surface area contributed by atoms with Crippen LogP contribution in [0.2, 0.25) is 0 Å². The molecule has 2 aromatic rings. The average molecular weight is 411 g/mol. The van der Waals surface area contributed by atoms with Crippen LogP contribution in [0.15, 0.2) is 53.4 Å². The van der Waals surface area contributed by atoms with E-state index < -0.39 is 16.6 Å². The molecule has 1 fully saturated rings. The first-order valence-corrected chi connectivity index (χ1v) is 10.3. The fourth-order valence-electron chi connectivity index (χ4n) is 3.05. The Bertz CT molecular complexity index is 902. The summed E-state index contributed by atoms with van der Waals surface area (Å²) < 4.78 is 58.1. The van der Waals surface area contributed by atoms with Gasteiger partial charge in [-0.05, 0) is 37.7 Å². The largest absolute Gasteiger partial charge is 0.434 e. The summed E-state index contributed by atoms with van der Waals surface area (Å²) in [6, 6.07) is 12.6. The highest BCUT2D eigenvalue weighted by atomic mass is 32.2. The molecular formula is C19H23F2N3O3S. The minimum atomic E-state index is -3.93. The maximum absolute atomic E-state index is 13.4. The number of hydrazine groups is 1. The van der Waals surface area contributed by atoms with E-state index in [9.17, 15) is 17.2 Å². The van der Waals surface area contributed by atoms with E-state index in [1.54, 1.807) is 42.3 Å². The summed E-state index contributed by atoms with van der Waals surface area (Å²) in [5.74, 6) is -0.0464. The van der Waals surface area contributed by atoms with Crippen molar-refractivity contribution in [3.8, 4) is 5.75 Å². The van der Waals surface area contributed by atoms with Gasteiger partial charge in [0.05, 0.1) is 10.6 Å². The third-order valence-corrected chi connectivity index (χ3v) is 6.38. The molecule has 1 saturated heterocycles. The Morgan fingerprint density at radius 2 is 1.68 bits per heavy atom. The van der Waals surface area contributed by atoms with E-state index in [2.05, 4.69) is 9.64 Å². The van der Waals surface area contributed by atoms with Gasteiger partial charge in [0.25, 0.3) is 10.0 Å². The molecule has 0 aromatic heterocycles. The molecule has 6 nitrogen and oxygen atoms in total. The number of nitrogens with zero attached hydrogens (tertiary/aromatic N) is 3. The number of sulfonamides is 1. The van der Waals surface area contributed by atoms with Crippen LogP contribution in [0.1, 0.15) is 5.56 Å². The highest BCUT2D eigenvalue weighted by Gasteiger charge is 2.32. The molecule has 0 aliphatic carbocycles. The van der Waals surface area contributed by atoms with E-state index in [1.807, 2.05) is 7.05 Å². The number of ether oxygens (including phenoxy) is 1. The number of aryl methyl sites for hydroxylation is 1. The smallest absolute Gasteiger partial charge is 0.387 e. The van der Waals surface area contributed by atoms with Crippen LogP contribution in [-0.4, -0.2) is 58.2 Å². The number of piperazine rings is 1. The molecule has 3 rings (SSSR count). The van der Waals surface area contributed by atoms with Crippen LogP contribution >= 0.6 is 0 Å². The van der Waals surface area contributed by atoms with Gasteiger partial charge in [0, 0.05) is 32.2 Å². The van der Waals surface area contributed by atoms with Gasteiger partial charge in [-0.25, -0.2) is 5.01 Å². The molecule has 28 heavy (non-hydrogen) atoms. The zero-order valence-corrected chi connectivity index (χ0v) is 16.6. The molecular weight excluding hydrogens is 388 g/mol. The Kier molecular flexibility index (Phi) is 6.17. The van der Waals surface area contributed by atoms with Gasteiger partial charge in [-0.2, -0.15) is 21.6 Å². The second-order valence-electron chi connectivity index (χ2n) is 6.65. The lowest BCUT2D eigenvalue weighted by Crippen LogP contribution is -2.55. The monoisotopic (exact) mass is 411 g/mol. The Morgan fingerprint density at radius 1 is 1.04 bits per heavy atom. The predicted molar refractivity (Wildman–Crippen MR) is 103 cm³/mol. The molecule has 1 aliphatic heterocycles. The first-order chi connectivity index (χ1) is 13.3. The highest BCUT2D eigenvalue weighted by molar-refractivity contribution is 7.92. The topological polar surface area (TPSA) is 53.1 Å². The molecule has 0 N–H and O–H groups in total. The number of likely N-dealkylation sites (N-methyl/N-ethyl adjacent to an activating group) is 1. The lowest BCUT2D eigenvalue weighted by Gasteiger charge is -2.40. The summed E-state index contributed by atoms with van der Waals surface area (Å²) in [6.45, 7) is 0.993. The van der Waals surface area contributed by atoms with Gasteiger partial charge in [0.2, 0.25) is 0 Å². The van der Waals surface area contributed by atoms with E-state index in [4.69, 9.17) is 0 Å². The lowest BCUT2D eigenvalue weighted by atomic mass is 10.2. The summed E-state index contributed by atoms with van der Waals surface area (Å²) >= 11 is 0. The van der Waals surface area contributed by atoms with Crippen molar-refractivity contribution in [1.82, 2.24) is 9.91 Å². The van der Waals surface area contributed by atoms with Crippen LogP contribution in [0.4, 0.5) is 14.5 Å². The third-order valence-electron chi connectivity index (χ3n) is 4.61. The summed E-state index contributed by atoms with van der Waals surface area (Å²) in [4.78, 5) is 2.23. The number of anilines is 1. The van der Waals surface area contributed by atoms with E-state index in [1.165, 1.54) is 22.6 Å². The first-order valence-electron chi connectivity index (χ1n) is 8.88. The van der Waals surface area contributed by atoms with Gasteiger partial charge in [-0.1, -0.05) is 24.3 Å². The number of hydrogen-bond donors (Lipinski definition) is 0. The van der Waals surface area contributed by atoms with Crippen molar-refractivity contribution in [3.63, 3.8) is 0 Å². The zero-order valence-electron chi connectivity index (χ0n) is 15.8. The van der Waals surface area contributed by atoms with Crippen molar-refractivity contribution in [1.29, 1.82) is 0 Å². The standard InChI is InChI=1S/C19H23F2N3O3S/c1-15-8-9-16(14-18(15)27-19(20)21)24(23-12-10-22(2)11-13-23)28(25,26)17-6-4-3-5-7-17/h3-9,14,19H,10-13H2,1-2H3. The van der Waals surface area contributed by atoms with Crippen LogP contribution in [0, 0.1) is 6.92 Å². The van der Waals surface area contributed by atoms with E-state index in [-0.39, 0.29) is 16.3 Å². The quantitative estimate of drug-likeness (QED) is 0.732. The number of halogens is 2. The molecule has 0 bridgehead atoms. The van der Waals surface area contributed by atoms with Crippen molar-refractivity contribution in [2.75, 3.05) is 37.6 Å². The molecule has 1 heterocycles. The SMILES string of the molecule is Cc1ccc(N(N2CCN(C)CC2)S(=O)(=O)c2ccccc2)cc1OC(F)F. The second kappa shape index (κ2) is 8.42. The minimum Gasteiger partial charge on any atom is -0.434 e. The van der Waals surface area contributed by atoms with Gasteiger partial charge in [0.1, 0.15) is 5.75 Å². The maximum Gasteiger partial charge on any atom is 0.387 e. The Balaban J connectivity index is 2.07. The highest BCUT2D eigenvalue weighted by Crippen LogP contribution is 2.32. The molecule has 0 atom stereocenters. The van der Waals surface area contributed by atoms with Crippen molar-refractivity contribution in [2.45, 2.75) is 18.4 Å². The average Bonchev–Trinajstić information content (AvgIpc) is 2.66. The summed E-state index contributed by atoms with van der Waals surface area (Å²) in [5.41, 5.74) is 0.758. The van der Waals surface area contributed by atoms with E-state index in [0.29, 0.717) is 31.7 Å². The fourth-order valence-corrected chi connectivity index (χ4v) is 4.61. The number of rotatable bonds is 6. The fraction of sp³-hybridized carbons (Fsp3) is 0.368. The van der Waals surface area contributed by atoms with Gasteiger partial charge >= 0.3 is 6.61 Å². The number of hydrogen-bond acceptors (Lipinski definition) is 5. The van der Waals surface area contributed by atoms with Gasteiger partial charge < -0.3 is 9.64 Å². The van der Waals surface area contributed by atoms with Crippen LogP contribution < -0.4 is 9.15 Å². The Labute approximate surface area is 163 Å². The molecule has 0 spiro atoms. The van der Waals surface area contributed by atoms with Gasteiger partial charge in [0.15, 0.2) is 0 Å². The summed E-state index contributed by atoms with van der Waals surface area (Å²) in [6.07, 6.45) is 0. The molecule has 1 aliphatic rings. The van der Waals surface area contributed by atoms with E-state index in [0.717, 1.165) is 0 Å². The predicted octanol–water partition coefficient (Wildman–Crippen LogP) is 2.95. The first kappa shape index (κ1) is 20.5.